The first kappa shape index (κ1) is 16.0. The second-order valence-corrected chi connectivity index (χ2v) is 8.54. The number of hydrogen-bond donors (Lipinski definition) is 0. The summed E-state index contributed by atoms with van der Waals surface area (Å²) in [5, 5.41) is 3.30. The number of fused-ring (bicyclic) bond motifs is 3. The summed E-state index contributed by atoms with van der Waals surface area (Å²) < 4.78 is 12.7. The Morgan fingerprint density at radius 3 is 2.92 bits per heavy atom. The van der Waals surface area contributed by atoms with Crippen LogP contribution in [0.25, 0.3) is 10.2 Å². The van der Waals surface area contributed by atoms with E-state index in [-0.39, 0.29) is 11.9 Å². The van der Waals surface area contributed by atoms with Gasteiger partial charge in [-0.2, -0.15) is 0 Å². The van der Waals surface area contributed by atoms with Crippen molar-refractivity contribution in [3.8, 4) is 0 Å². The van der Waals surface area contributed by atoms with Crippen LogP contribution in [0.2, 0.25) is 0 Å². The lowest BCUT2D eigenvalue weighted by Gasteiger charge is -2.44. The molecule has 134 valence electrons. The largest absolute Gasteiger partial charge is 0.350 e. The van der Waals surface area contributed by atoms with Crippen molar-refractivity contribution >= 4 is 27.4 Å². The average Bonchev–Trinajstić information content (AvgIpc) is 3.30. The fourth-order valence-corrected chi connectivity index (χ4v) is 5.62. The van der Waals surface area contributed by atoms with Crippen molar-refractivity contribution in [2.24, 2.45) is 0 Å². The number of ether oxygens (including phenoxy) is 2. The van der Waals surface area contributed by atoms with E-state index in [1.54, 1.807) is 17.7 Å². The highest BCUT2D eigenvalue weighted by Crippen LogP contribution is 2.48. The molecule has 3 aliphatic heterocycles. The molecule has 2 aromatic rings. The minimum atomic E-state index is -0.346. The molecular formula is C19H25N3O2S. The van der Waals surface area contributed by atoms with Crippen molar-refractivity contribution in [1.82, 2.24) is 9.97 Å². The highest BCUT2D eigenvalue weighted by atomic mass is 32.1. The Hall–Kier alpha value is -1.24. The Morgan fingerprint density at radius 1 is 1.28 bits per heavy atom. The van der Waals surface area contributed by atoms with Crippen LogP contribution in [0, 0.1) is 0 Å². The van der Waals surface area contributed by atoms with E-state index in [0.29, 0.717) is 12.1 Å². The van der Waals surface area contributed by atoms with E-state index in [1.165, 1.54) is 31.1 Å². The van der Waals surface area contributed by atoms with Crippen LogP contribution in [-0.2, 0) is 9.47 Å². The highest BCUT2D eigenvalue weighted by molar-refractivity contribution is 7.16. The topological polar surface area (TPSA) is 47.5 Å². The second-order valence-electron chi connectivity index (χ2n) is 7.64. The van der Waals surface area contributed by atoms with Crippen LogP contribution in [0.15, 0.2) is 17.8 Å². The molecule has 1 unspecified atom stereocenters. The Bertz CT molecular complexity index is 750. The third-order valence-electron chi connectivity index (χ3n) is 5.99. The zero-order chi connectivity index (χ0) is 16.9. The van der Waals surface area contributed by atoms with Crippen LogP contribution in [0.4, 0.5) is 5.82 Å². The summed E-state index contributed by atoms with van der Waals surface area (Å²) in [7, 11) is 0. The standard InChI is InChI=1S/C19H25N3O2S/c1-2-3-4-15-11-23-19(24-15)9-13-5-6-14(10-19)22(13)17-16-7-8-25-18(16)21-12-20-17/h7-8,12-15H,2-6,9-11H2,1H3/t13-,14-,15?/m0/s1. The average molecular weight is 359 g/mol. The van der Waals surface area contributed by atoms with E-state index in [0.717, 1.165) is 36.5 Å². The smallest absolute Gasteiger partial charge is 0.172 e. The maximum absolute atomic E-state index is 6.45. The lowest BCUT2D eigenvalue weighted by atomic mass is 9.95. The Labute approximate surface area is 152 Å². The first-order chi connectivity index (χ1) is 12.3. The first-order valence-electron chi connectivity index (χ1n) is 9.56. The molecule has 0 radical (unpaired) electrons. The molecule has 0 aromatic carbocycles. The van der Waals surface area contributed by atoms with Crippen molar-refractivity contribution in [2.45, 2.75) is 75.8 Å². The highest BCUT2D eigenvalue weighted by Gasteiger charge is 2.53. The summed E-state index contributed by atoms with van der Waals surface area (Å²) in [5.74, 6) is 0.760. The van der Waals surface area contributed by atoms with Gasteiger partial charge in [-0.25, -0.2) is 9.97 Å². The summed E-state index contributed by atoms with van der Waals surface area (Å²) in [6, 6.07) is 3.08. The summed E-state index contributed by atoms with van der Waals surface area (Å²) in [4.78, 5) is 12.7. The second kappa shape index (κ2) is 6.18. The molecule has 5 nitrogen and oxygen atoms in total. The number of hydrogen-bond acceptors (Lipinski definition) is 6. The number of nitrogens with zero attached hydrogens (tertiary/aromatic N) is 3. The quantitative estimate of drug-likeness (QED) is 0.822. The fraction of sp³-hybridized carbons (Fsp3) is 0.684. The van der Waals surface area contributed by atoms with E-state index in [9.17, 15) is 0 Å². The van der Waals surface area contributed by atoms with Gasteiger partial charge in [-0.05, 0) is 30.7 Å². The van der Waals surface area contributed by atoms with Crippen LogP contribution in [0.5, 0.6) is 0 Å². The van der Waals surface area contributed by atoms with Crippen LogP contribution in [0.1, 0.15) is 51.9 Å². The van der Waals surface area contributed by atoms with E-state index >= 15 is 0 Å². The Kier molecular flexibility index (Phi) is 3.95. The van der Waals surface area contributed by atoms with Crippen molar-refractivity contribution in [2.75, 3.05) is 11.5 Å². The zero-order valence-electron chi connectivity index (χ0n) is 14.7. The molecule has 3 saturated heterocycles. The van der Waals surface area contributed by atoms with Gasteiger partial charge in [-0.3, -0.25) is 0 Å². The molecule has 5 heterocycles. The van der Waals surface area contributed by atoms with Gasteiger partial charge >= 0.3 is 0 Å². The molecule has 0 aliphatic carbocycles. The van der Waals surface area contributed by atoms with Gasteiger partial charge in [0.15, 0.2) is 5.79 Å². The van der Waals surface area contributed by atoms with E-state index < -0.39 is 0 Å². The van der Waals surface area contributed by atoms with Gasteiger partial charge in [0, 0.05) is 24.9 Å². The monoisotopic (exact) mass is 359 g/mol. The Morgan fingerprint density at radius 2 is 2.12 bits per heavy atom. The summed E-state index contributed by atoms with van der Waals surface area (Å²) in [6.07, 6.45) is 9.89. The molecule has 0 saturated carbocycles. The maximum atomic E-state index is 6.45. The van der Waals surface area contributed by atoms with Crippen molar-refractivity contribution in [3.63, 3.8) is 0 Å². The molecule has 0 amide bonds. The SMILES string of the molecule is CCCCC1COC2(C[C@@H]3CC[C@@H](C2)N3c2ncnc3sccc23)O1. The van der Waals surface area contributed by atoms with Gasteiger partial charge in [0.2, 0.25) is 0 Å². The lowest BCUT2D eigenvalue weighted by molar-refractivity contribution is -0.188. The van der Waals surface area contributed by atoms with Gasteiger partial charge in [0.1, 0.15) is 17.0 Å². The number of anilines is 1. The molecule has 1 spiro atoms. The normalized spacial score (nSPS) is 34.4. The fourth-order valence-electron chi connectivity index (χ4n) is 4.90. The van der Waals surface area contributed by atoms with Gasteiger partial charge in [-0.1, -0.05) is 19.8 Å². The van der Waals surface area contributed by atoms with Gasteiger partial charge in [0.25, 0.3) is 0 Å². The molecule has 2 aromatic heterocycles. The van der Waals surface area contributed by atoms with E-state index in [2.05, 4.69) is 33.2 Å². The van der Waals surface area contributed by atoms with E-state index in [4.69, 9.17) is 9.47 Å². The molecule has 3 aliphatic rings. The first-order valence-corrected chi connectivity index (χ1v) is 10.4. The third kappa shape index (κ3) is 2.66. The summed E-state index contributed by atoms with van der Waals surface area (Å²) in [5.41, 5.74) is 0. The molecule has 2 bridgehead atoms. The number of rotatable bonds is 4. The zero-order valence-corrected chi connectivity index (χ0v) is 15.5. The number of unbranched alkanes of at least 4 members (excludes halogenated alkanes) is 1. The lowest BCUT2D eigenvalue weighted by Crippen LogP contribution is -2.52. The van der Waals surface area contributed by atoms with Crippen LogP contribution in [0.3, 0.4) is 0 Å². The molecular weight excluding hydrogens is 334 g/mol. The predicted molar refractivity (Wildman–Crippen MR) is 99.0 cm³/mol. The molecule has 5 rings (SSSR count). The maximum Gasteiger partial charge on any atom is 0.172 e. The minimum absolute atomic E-state index is 0.286. The summed E-state index contributed by atoms with van der Waals surface area (Å²) in [6.45, 7) is 3.00. The van der Waals surface area contributed by atoms with Crippen molar-refractivity contribution in [3.05, 3.63) is 17.8 Å². The van der Waals surface area contributed by atoms with Crippen molar-refractivity contribution in [1.29, 1.82) is 0 Å². The van der Waals surface area contributed by atoms with Crippen LogP contribution in [-0.4, -0.2) is 40.5 Å². The third-order valence-corrected chi connectivity index (χ3v) is 6.81. The predicted octanol–water partition coefficient (Wildman–Crippen LogP) is 4.12. The summed E-state index contributed by atoms with van der Waals surface area (Å²) >= 11 is 1.69. The van der Waals surface area contributed by atoms with Crippen LogP contribution < -0.4 is 4.90 Å². The molecule has 0 N–H and O–H groups in total. The van der Waals surface area contributed by atoms with Crippen molar-refractivity contribution < 1.29 is 9.47 Å². The van der Waals surface area contributed by atoms with Gasteiger partial charge in [-0.15, -0.1) is 11.3 Å². The van der Waals surface area contributed by atoms with Gasteiger partial charge in [0.05, 0.1) is 18.1 Å². The molecule has 25 heavy (non-hydrogen) atoms. The number of aromatic nitrogens is 2. The molecule has 6 heteroatoms. The van der Waals surface area contributed by atoms with Gasteiger partial charge < -0.3 is 14.4 Å². The Balaban J connectivity index is 1.38. The molecule has 3 atom stereocenters. The molecule has 3 fully saturated rings. The van der Waals surface area contributed by atoms with E-state index in [1.807, 2.05) is 0 Å². The number of thiophene rings is 1. The minimum Gasteiger partial charge on any atom is -0.350 e. The number of piperidine rings is 1. The van der Waals surface area contributed by atoms with Crippen LogP contribution >= 0.6 is 11.3 Å².